The highest BCUT2D eigenvalue weighted by Crippen LogP contribution is 2.30. The number of rotatable bonds is 6. The number of anilines is 1. The summed E-state index contributed by atoms with van der Waals surface area (Å²) in [6, 6.07) is 22.3. The molecule has 1 saturated heterocycles. The maximum absolute atomic E-state index is 13.2. The van der Waals surface area contributed by atoms with Gasteiger partial charge in [-0.3, -0.25) is 14.5 Å². The Labute approximate surface area is 200 Å². The highest BCUT2D eigenvalue weighted by atomic mass is 35.5. The number of amides is 2. The van der Waals surface area contributed by atoms with Crippen LogP contribution in [0.5, 0.6) is 0 Å². The predicted octanol–water partition coefficient (Wildman–Crippen LogP) is 5.68. The van der Waals surface area contributed by atoms with E-state index in [0.29, 0.717) is 34.5 Å². The summed E-state index contributed by atoms with van der Waals surface area (Å²) in [7, 11) is 0. The molecule has 1 aliphatic heterocycles. The van der Waals surface area contributed by atoms with Crippen molar-refractivity contribution < 1.29 is 14.0 Å². The molecule has 33 heavy (non-hydrogen) atoms. The van der Waals surface area contributed by atoms with Crippen LogP contribution in [0, 0.1) is 5.82 Å². The van der Waals surface area contributed by atoms with Gasteiger partial charge in [-0.25, -0.2) is 9.38 Å². The van der Waals surface area contributed by atoms with Crippen LogP contribution in [0.2, 0.25) is 5.02 Å². The minimum Gasteiger partial charge on any atom is -0.325 e. The first kappa shape index (κ1) is 23.0. The fourth-order valence-electron chi connectivity index (χ4n) is 3.32. The van der Waals surface area contributed by atoms with Crippen LogP contribution in [0.1, 0.15) is 12.0 Å². The van der Waals surface area contributed by atoms with Crippen molar-refractivity contribution in [3.63, 3.8) is 0 Å². The first-order chi connectivity index (χ1) is 16.0. The van der Waals surface area contributed by atoms with Crippen molar-refractivity contribution in [2.75, 3.05) is 11.9 Å². The number of hydrogen-bond donors (Lipinski definition) is 1. The van der Waals surface area contributed by atoms with Crippen LogP contribution in [0.4, 0.5) is 15.8 Å². The second-order valence-electron chi connectivity index (χ2n) is 7.46. The number of carbonyl (C=O) groups excluding carboxylic acids is 2. The van der Waals surface area contributed by atoms with Crippen LogP contribution >= 0.6 is 23.4 Å². The summed E-state index contributed by atoms with van der Waals surface area (Å²) in [5, 5.41) is 3.29. The Kier molecular flexibility index (Phi) is 7.42. The van der Waals surface area contributed by atoms with Gasteiger partial charge in [0.2, 0.25) is 11.8 Å². The summed E-state index contributed by atoms with van der Waals surface area (Å²) in [5.41, 5.74) is 2.21. The average molecular weight is 482 g/mol. The van der Waals surface area contributed by atoms with Gasteiger partial charge in [0.05, 0.1) is 5.69 Å². The van der Waals surface area contributed by atoms with Gasteiger partial charge in [0.15, 0.2) is 5.17 Å². The lowest BCUT2D eigenvalue weighted by atomic mass is 10.1. The molecule has 1 atom stereocenters. The van der Waals surface area contributed by atoms with Gasteiger partial charge in [-0.15, -0.1) is 0 Å². The third kappa shape index (κ3) is 6.21. The first-order valence-electron chi connectivity index (χ1n) is 10.4. The fraction of sp³-hybridized carbons (Fsp3) is 0.160. The highest BCUT2D eigenvalue weighted by Gasteiger charge is 2.35. The standard InChI is InChI=1S/C25H21ClFN3O2S/c26-18-8-12-21(13-9-18)29-25-30(15-14-17-6-10-19(27)11-7-17)23(31)16-22(33-25)24(32)28-20-4-2-1-3-5-20/h1-13,22H,14-16H2,(H,28,32). The van der Waals surface area contributed by atoms with E-state index in [1.807, 2.05) is 18.2 Å². The van der Waals surface area contributed by atoms with Crippen molar-refractivity contribution in [3.8, 4) is 0 Å². The Morgan fingerprint density at radius 3 is 2.45 bits per heavy atom. The molecule has 1 aliphatic rings. The lowest BCUT2D eigenvalue weighted by Crippen LogP contribution is -2.46. The molecule has 168 valence electrons. The molecular weight excluding hydrogens is 461 g/mol. The number of benzene rings is 3. The molecule has 8 heteroatoms. The number of amidine groups is 1. The van der Waals surface area contributed by atoms with Crippen LogP contribution in [0.3, 0.4) is 0 Å². The topological polar surface area (TPSA) is 61.8 Å². The molecule has 0 aliphatic carbocycles. The zero-order valence-electron chi connectivity index (χ0n) is 17.6. The van der Waals surface area contributed by atoms with Crippen LogP contribution < -0.4 is 5.32 Å². The molecule has 0 saturated carbocycles. The van der Waals surface area contributed by atoms with Crippen molar-refractivity contribution in [2.24, 2.45) is 4.99 Å². The van der Waals surface area contributed by atoms with E-state index in [-0.39, 0.29) is 24.1 Å². The number of nitrogens with one attached hydrogen (secondary N) is 1. The normalized spacial score (nSPS) is 17.3. The quantitative estimate of drug-likeness (QED) is 0.492. The minimum absolute atomic E-state index is 0.0619. The summed E-state index contributed by atoms with van der Waals surface area (Å²) in [4.78, 5) is 32.2. The van der Waals surface area contributed by atoms with Crippen molar-refractivity contribution in [2.45, 2.75) is 18.1 Å². The predicted molar refractivity (Wildman–Crippen MR) is 131 cm³/mol. The lowest BCUT2D eigenvalue weighted by molar-refractivity contribution is -0.129. The molecule has 2 amide bonds. The number of aliphatic imine (C=N–C) groups is 1. The summed E-state index contributed by atoms with van der Waals surface area (Å²) < 4.78 is 13.2. The average Bonchev–Trinajstić information content (AvgIpc) is 2.81. The van der Waals surface area contributed by atoms with E-state index in [0.717, 1.165) is 5.56 Å². The first-order valence-corrected chi connectivity index (χ1v) is 11.7. The molecule has 0 aromatic heterocycles. The Morgan fingerprint density at radius 1 is 1.06 bits per heavy atom. The van der Waals surface area contributed by atoms with E-state index < -0.39 is 5.25 Å². The molecule has 0 spiro atoms. The van der Waals surface area contributed by atoms with Crippen LogP contribution in [-0.4, -0.2) is 33.7 Å². The Hall–Kier alpha value is -3.16. The van der Waals surface area contributed by atoms with Gasteiger partial charge in [0, 0.05) is 23.7 Å². The second kappa shape index (κ2) is 10.6. The van der Waals surface area contributed by atoms with E-state index in [2.05, 4.69) is 10.3 Å². The van der Waals surface area contributed by atoms with Crippen LogP contribution in [0.25, 0.3) is 0 Å². The van der Waals surface area contributed by atoms with E-state index >= 15 is 0 Å². The second-order valence-corrected chi connectivity index (χ2v) is 9.06. The van der Waals surface area contributed by atoms with Gasteiger partial charge in [-0.05, 0) is 60.5 Å². The largest absolute Gasteiger partial charge is 0.325 e. The van der Waals surface area contributed by atoms with E-state index in [1.165, 1.54) is 23.9 Å². The smallest absolute Gasteiger partial charge is 0.238 e. The van der Waals surface area contributed by atoms with Crippen LogP contribution in [0.15, 0.2) is 83.9 Å². The number of nitrogens with zero attached hydrogens (tertiary/aromatic N) is 2. The molecular formula is C25H21ClFN3O2S. The Balaban J connectivity index is 1.54. The van der Waals surface area contributed by atoms with Crippen molar-refractivity contribution >= 4 is 51.7 Å². The molecule has 4 rings (SSSR count). The van der Waals surface area contributed by atoms with Gasteiger partial charge < -0.3 is 5.32 Å². The molecule has 1 N–H and O–H groups in total. The molecule has 1 fully saturated rings. The van der Waals surface area contributed by atoms with E-state index in [9.17, 15) is 14.0 Å². The van der Waals surface area contributed by atoms with Crippen molar-refractivity contribution in [1.29, 1.82) is 0 Å². The number of para-hydroxylation sites is 1. The van der Waals surface area contributed by atoms with Gasteiger partial charge in [-0.2, -0.15) is 0 Å². The molecule has 1 unspecified atom stereocenters. The van der Waals surface area contributed by atoms with E-state index in [4.69, 9.17) is 11.6 Å². The van der Waals surface area contributed by atoms with Crippen molar-refractivity contribution in [3.05, 3.63) is 95.3 Å². The number of hydrogen-bond acceptors (Lipinski definition) is 4. The summed E-state index contributed by atoms with van der Waals surface area (Å²) in [5.74, 6) is -0.737. The third-order valence-corrected chi connectivity index (χ3v) is 6.50. The highest BCUT2D eigenvalue weighted by molar-refractivity contribution is 8.15. The van der Waals surface area contributed by atoms with Crippen molar-refractivity contribution in [1.82, 2.24) is 4.90 Å². The Morgan fingerprint density at radius 2 is 1.76 bits per heavy atom. The lowest BCUT2D eigenvalue weighted by Gasteiger charge is -2.32. The number of halogens is 2. The van der Waals surface area contributed by atoms with Gasteiger partial charge in [0.1, 0.15) is 11.1 Å². The zero-order valence-corrected chi connectivity index (χ0v) is 19.2. The maximum atomic E-state index is 13.2. The number of carbonyl (C=O) groups is 2. The Bertz CT molecular complexity index is 1150. The molecule has 5 nitrogen and oxygen atoms in total. The molecule has 3 aromatic carbocycles. The van der Waals surface area contributed by atoms with Crippen LogP contribution in [-0.2, 0) is 16.0 Å². The maximum Gasteiger partial charge on any atom is 0.238 e. The number of thioether (sulfide) groups is 1. The molecule has 3 aromatic rings. The van der Waals surface area contributed by atoms with Gasteiger partial charge in [-0.1, -0.05) is 53.7 Å². The molecule has 0 bridgehead atoms. The van der Waals surface area contributed by atoms with Gasteiger partial charge >= 0.3 is 0 Å². The van der Waals surface area contributed by atoms with E-state index in [1.54, 1.807) is 53.4 Å². The monoisotopic (exact) mass is 481 g/mol. The fourth-order valence-corrected chi connectivity index (χ4v) is 4.57. The minimum atomic E-state index is -0.606. The third-order valence-electron chi connectivity index (χ3n) is 5.06. The SMILES string of the molecule is O=C(Nc1ccccc1)C1CC(=O)N(CCc2ccc(F)cc2)C(=Nc2ccc(Cl)cc2)S1. The summed E-state index contributed by atoms with van der Waals surface area (Å²) in [6.07, 6.45) is 0.597. The summed E-state index contributed by atoms with van der Waals surface area (Å²) in [6.45, 7) is 0.372. The molecule has 1 heterocycles. The zero-order chi connectivity index (χ0) is 23.2. The summed E-state index contributed by atoms with van der Waals surface area (Å²) >= 11 is 7.24. The molecule has 0 radical (unpaired) electrons. The van der Waals surface area contributed by atoms with Gasteiger partial charge in [0.25, 0.3) is 0 Å².